The predicted molar refractivity (Wildman–Crippen MR) is 116 cm³/mol. The highest BCUT2D eigenvalue weighted by atomic mass is 16.2. The zero-order valence-corrected chi connectivity index (χ0v) is 17.3. The van der Waals surface area contributed by atoms with Crippen molar-refractivity contribution in [3.05, 3.63) is 60.4 Å². The van der Waals surface area contributed by atoms with E-state index in [2.05, 4.69) is 32.5 Å². The van der Waals surface area contributed by atoms with Crippen LogP contribution in [0.4, 0.5) is 5.69 Å². The summed E-state index contributed by atoms with van der Waals surface area (Å²) in [4.78, 5) is 34.2. The van der Waals surface area contributed by atoms with Crippen molar-refractivity contribution in [3.63, 3.8) is 0 Å². The monoisotopic (exact) mass is 407 g/mol. The summed E-state index contributed by atoms with van der Waals surface area (Å²) in [7, 11) is 2.09. The Bertz CT molecular complexity index is 860. The number of hydrogen-bond donors (Lipinski definition) is 2. The maximum atomic E-state index is 12.9. The second-order valence-corrected chi connectivity index (χ2v) is 8.11. The van der Waals surface area contributed by atoms with Crippen molar-refractivity contribution < 1.29 is 9.59 Å². The van der Waals surface area contributed by atoms with Gasteiger partial charge in [0.05, 0.1) is 5.69 Å². The Balaban J connectivity index is 1.36. The molecule has 30 heavy (non-hydrogen) atoms. The fourth-order valence-corrected chi connectivity index (χ4v) is 4.57. The first-order chi connectivity index (χ1) is 14.6. The average molecular weight is 408 g/mol. The summed E-state index contributed by atoms with van der Waals surface area (Å²) in [6, 6.07) is 15.5. The van der Waals surface area contributed by atoms with Crippen LogP contribution < -0.4 is 10.6 Å². The Morgan fingerprint density at radius 2 is 2.00 bits per heavy atom. The van der Waals surface area contributed by atoms with E-state index < -0.39 is 0 Å². The highest BCUT2D eigenvalue weighted by Gasteiger charge is 2.44. The number of carbonyl (C=O) groups excluding carboxylic acids is 2. The molecular weight excluding hydrogens is 378 g/mol. The van der Waals surface area contributed by atoms with Crippen molar-refractivity contribution in [1.82, 2.24) is 20.1 Å². The molecule has 0 spiro atoms. The van der Waals surface area contributed by atoms with Gasteiger partial charge < -0.3 is 10.6 Å². The van der Waals surface area contributed by atoms with Crippen LogP contribution in [0.2, 0.25) is 0 Å². The molecule has 3 unspecified atom stereocenters. The number of anilines is 1. The number of likely N-dealkylation sites (N-methyl/N-ethyl adjacent to an activating group) is 1. The first-order valence-corrected chi connectivity index (χ1v) is 10.6. The zero-order chi connectivity index (χ0) is 20.9. The first kappa shape index (κ1) is 20.5. The molecule has 7 nitrogen and oxygen atoms in total. The number of nitrogens with zero attached hydrogens (tertiary/aromatic N) is 3. The summed E-state index contributed by atoms with van der Waals surface area (Å²) in [5.74, 6) is 0.0847. The second kappa shape index (κ2) is 9.36. The Kier molecular flexibility index (Phi) is 6.40. The van der Waals surface area contributed by atoms with Gasteiger partial charge in [0.2, 0.25) is 11.8 Å². The highest BCUT2D eigenvalue weighted by molar-refractivity contribution is 5.90. The van der Waals surface area contributed by atoms with Crippen LogP contribution in [0.5, 0.6) is 0 Å². The SMILES string of the molecule is CN1C(CCC(=O)Nc2ccccc2)CNC(=O)C2C1CCN2Cc1ccccn1. The van der Waals surface area contributed by atoms with Crippen LogP contribution in [0.25, 0.3) is 0 Å². The third-order valence-electron chi connectivity index (χ3n) is 6.20. The molecule has 2 amide bonds. The fraction of sp³-hybridized carbons (Fsp3) is 0.435. The number of likely N-dealkylation sites (tertiary alicyclic amines) is 1. The van der Waals surface area contributed by atoms with E-state index in [0.717, 1.165) is 24.3 Å². The lowest BCUT2D eigenvalue weighted by molar-refractivity contribution is -0.126. The van der Waals surface area contributed by atoms with Gasteiger partial charge in [0, 0.05) is 50.0 Å². The van der Waals surface area contributed by atoms with Crippen molar-refractivity contribution in [3.8, 4) is 0 Å². The van der Waals surface area contributed by atoms with E-state index in [-0.39, 0.29) is 29.9 Å². The Morgan fingerprint density at radius 3 is 2.77 bits per heavy atom. The lowest BCUT2D eigenvalue weighted by atomic mass is 10.0. The lowest BCUT2D eigenvalue weighted by Crippen LogP contribution is -2.49. The van der Waals surface area contributed by atoms with Gasteiger partial charge in [-0.1, -0.05) is 24.3 Å². The van der Waals surface area contributed by atoms with E-state index in [1.165, 1.54) is 0 Å². The molecule has 0 aliphatic carbocycles. The van der Waals surface area contributed by atoms with Gasteiger partial charge in [-0.3, -0.25) is 24.4 Å². The largest absolute Gasteiger partial charge is 0.353 e. The number of carbonyl (C=O) groups is 2. The number of rotatable bonds is 6. The first-order valence-electron chi connectivity index (χ1n) is 10.6. The van der Waals surface area contributed by atoms with Crippen LogP contribution in [0.1, 0.15) is 25.0 Å². The van der Waals surface area contributed by atoms with Crippen LogP contribution in [0.15, 0.2) is 54.7 Å². The van der Waals surface area contributed by atoms with Gasteiger partial charge >= 0.3 is 0 Å². The van der Waals surface area contributed by atoms with E-state index in [1.54, 1.807) is 6.20 Å². The van der Waals surface area contributed by atoms with Crippen molar-refractivity contribution in [2.75, 3.05) is 25.5 Å². The Hall–Kier alpha value is -2.77. The number of pyridine rings is 1. The molecule has 2 fully saturated rings. The fourth-order valence-electron chi connectivity index (χ4n) is 4.57. The van der Waals surface area contributed by atoms with E-state index >= 15 is 0 Å². The Morgan fingerprint density at radius 1 is 1.20 bits per heavy atom. The molecule has 3 atom stereocenters. The number of benzene rings is 1. The van der Waals surface area contributed by atoms with Gasteiger partial charge in [-0.2, -0.15) is 0 Å². The molecule has 4 rings (SSSR count). The van der Waals surface area contributed by atoms with Crippen LogP contribution in [-0.2, 0) is 16.1 Å². The molecule has 7 heteroatoms. The molecule has 2 saturated heterocycles. The summed E-state index contributed by atoms with van der Waals surface area (Å²) < 4.78 is 0. The quantitative estimate of drug-likeness (QED) is 0.765. The smallest absolute Gasteiger partial charge is 0.239 e. The van der Waals surface area contributed by atoms with Crippen molar-refractivity contribution in [1.29, 1.82) is 0 Å². The summed E-state index contributed by atoms with van der Waals surface area (Å²) in [6.07, 6.45) is 3.86. The minimum atomic E-state index is -0.180. The molecule has 3 heterocycles. The minimum Gasteiger partial charge on any atom is -0.353 e. The number of amides is 2. The topological polar surface area (TPSA) is 77.6 Å². The molecule has 0 radical (unpaired) electrons. The van der Waals surface area contributed by atoms with Gasteiger partial charge in [0.15, 0.2) is 0 Å². The van der Waals surface area contributed by atoms with Gasteiger partial charge in [0.25, 0.3) is 0 Å². The average Bonchev–Trinajstić information content (AvgIpc) is 3.13. The van der Waals surface area contributed by atoms with Gasteiger partial charge in [-0.05, 0) is 44.2 Å². The normalized spacial score (nSPS) is 24.7. The summed E-state index contributed by atoms with van der Waals surface area (Å²) >= 11 is 0. The number of hydrogen-bond acceptors (Lipinski definition) is 5. The van der Waals surface area contributed by atoms with E-state index in [0.29, 0.717) is 25.9 Å². The van der Waals surface area contributed by atoms with Crippen molar-refractivity contribution in [2.45, 2.75) is 43.9 Å². The second-order valence-electron chi connectivity index (χ2n) is 8.11. The minimum absolute atomic E-state index is 0.00456. The maximum absolute atomic E-state index is 12.9. The third-order valence-corrected chi connectivity index (χ3v) is 6.20. The maximum Gasteiger partial charge on any atom is 0.239 e. The Labute approximate surface area is 177 Å². The van der Waals surface area contributed by atoms with Crippen LogP contribution in [0.3, 0.4) is 0 Å². The third kappa shape index (κ3) is 4.68. The summed E-state index contributed by atoms with van der Waals surface area (Å²) in [6.45, 7) is 2.11. The molecule has 1 aromatic carbocycles. The standard InChI is InChI=1S/C23H29N5O2/c1-27-19(10-11-21(29)26-17-7-3-2-4-8-17)15-25-23(30)22-20(27)12-14-28(22)16-18-9-5-6-13-24-18/h2-9,13,19-20,22H,10-12,14-16H2,1H3,(H,25,30)(H,26,29). The summed E-state index contributed by atoms with van der Waals surface area (Å²) in [5.41, 5.74) is 1.79. The van der Waals surface area contributed by atoms with Crippen LogP contribution in [-0.4, -0.2) is 64.9 Å². The predicted octanol–water partition coefficient (Wildman–Crippen LogP) is 1.87. The van der Waals surface area contributed by atoms with Crippen LogP contribution in [0, 0.1) is 0 Å². The van der Waals surface area contributed by atoms with Crippen molar-refractivity contribution >= 4 is 17.5 Å². The number of para-hydroxylation sites is 1. The molecule has 0 saturated carbocycles. The highest BCUT2D eigenvalue weighted by Crippen LogP contribution is 2.28. The van der Waals surface area contributed by atoms with Crippen LogP contribution >= 0.6 is 0 Å². The van der Waals surface area contributed by atoms with E-state index in [4.69, 9.17) is 0 Å². The molecule has 0 bridgehead atoms. The van der Waals surface area contributed by atoms with E-state index in [9.17, 15) is 9.59 Å². The lowest BCUT2D eigenvalue weighted by Gasteiger charge is -2.33. The molecule has 1 aromatic heterocycles. The number of fused-ring (bicyclic) bond motifs is 1. The molecule has 2 aliphatic heterocycles. The molecule has 158 valence electrons. The van der Waals surface area contributed by atoms with Gasteiger partial charge in [-0.15, -0.1) is 0 Å². The van der Waals surface area contributed by atoms with E-state index in [1.807, 2.05) is 48.5 Å². The van der Waals surface area contributed by atoms with Gasteiger partial charge in [-0.25, -0.2) is 0 Å². The number of aromatic nitrogens is 1. The summed E-state index contributed by atoms with van der Waals surface area (Å²) in [5, 5.41) is 6.05. The molecule has 2 aromatic rings. The van der Waals surface area contributed by atoms with Crippen molar-refractivity contribution in [2.24, 2.45) is 0 Å². The van der Waals surface area contributed by atoms with Gasteiger partial charge in [0.1, 0.15) is 6.04 Å². The zero-order valence-electron chi connectivity index (χ0n) is 17.3. The molecule has 2 aliphatic rings. The molecular formula is C23H29N5O2. The number of nitrogens with one attached hydrogen (secondary N) is 2. The molecule has 2 N–H and O–H groups in total.